The number of nitrogens with one attached hydrogen (secondary N) is 1. The van der Waals surface area contributed by atoms with Crippen molar-refractivity contribution in [1.82, 2.24) is 19.8 Å². The van der Waals surface area contributed by atoms with E-state index in [0.717, 1.165) is 18.5 Å². The van der Waals surface area contributed by atoms with Crippen molar-refractivity contribution >= 4 is 0 Å². The van der Waals surface area contributed by atoms with E-state index in [-0.39, 0.29) is 0 Å². The number of piperidine rings is 1. The lowest BCUT2D eigenvalue weighted by molar-refractivity contribution is 0.177. The number of rotatable bonds is 6. The summed E-state index contributed by atoms with van der Waals surface area (Å²) in [5, 5.41) is 3.66. The molecule has 18 heavy (non-hydrogen) atoms. The Hall–Kier alpha value is -0.870. The highest BCUT2D eigenvalue weighted by molar-refractivity contribution is 4.83. The molecule has 0 unspecified atom stereocenters. The first-order valence-corrected chi connectivity index (χ1v) is 7.31. The lowest BCUT2D eigenvalue weighted by atomic mass is 9.97. The van der Waals surface area contributed by atoms with Crippen LogP contribution in [0.15, 0.2) is 18.7 Å². The van der Waals surface area contributed by atoms with Gasteiger partial charge in [0, 0.05) is 31.5 Å². The summed E-state index contributed by atoms with van der Waals surface area (Å²) in [5.41, 5.74) is 0. The molecule has 1 saturated heterocycles. The maximum atomic E-state index is 4.08. The minimum atomic E-state index is 0.865. The van der Waals surface area contributed by atoms with E-state index in [2.05, 4.69) is 19.8 Å². The third-order valence-corrected chi connectivity index (χ3v) is 4.21. The van der Waals surface area contributed by atoms with Crippen LogP contribution in [0.2, 0.25) is 0 Å². The van der Waals surface area contributed by atoms with E-state index in [4.69, 9.17) is 0 Å². The van der Waals surface area contributed by atoms with Gasteiger partial charge in [-0.15, -0.1) is 0 Å². The van der Waals surface area contributed by atoms with Gasteiger partial charge < -0.3 is 14.8 Å². The summed E-state index contributed by atoms with van der Waals surface area (Å²) in [4.78, 5) is 6.67. The van der Waals surface area contributed by atoms with Crippen LogP contribution in [0.1, 0.15) is 25.7 Å². The van der Waals surface area contributed by atoms with Gasteiger partial charge in [0.25, 0.3) is 0 Å². The predicted octanol–water partition coefficient (Wildman–Crippen LogP) is 1.35. The molecule has 0 radical (unpaired) electrons. The molecular weight excluding hydrogens is 224 g/mol. The highest BCUT2D eigenvalue weighted by atomic mass is 15.2. The van der Waals surface area contributed by atoms with Crippen molar-refractivity contribution in [2.75, 3.05) is 26.2 Å². The van der Waals surface area contributed by atoms with Crippen molar-refractivity contribution in [2.45, 2.75) is 38.3 Å². The smallest absolute Gasteiger partial charge is 0.0946 e. The van der Waals surface area contributed by atoms with Crippen molar-refractivity contribution in [2.24, 2.45) is 5.92 Å². The topological polar surface area (TPSA) is 33.1 Å². The summed E-state index contributed by atoms with van der Waals surface area (Å²) in [6, 6.07) is 0.865. The molecule has 2 fully saturated rings. The molecule has 0 amide bonds. The Labute approximate surface area is 109 Å². The van der Waals surface area contributed by atoms with Gasteiger partial charge in [-0.25, -0.2) is 4.98 Å². The normalized spacial score (nSPS) is 22.4. The van der Waals surface area contributed by atoms with Crippen molar-refractivity contribution in [1.29, 1.82) is 0 Å². The van der Waals surface area contributed by atoms with Gasteiger partial charge in [-0.2, -0.15) is 0 Å². The van der Waals surface area contributed by atoms with Crippen molar-refractivity contribution in [3.8, 4) is 0 Å². The zero-order valence-corrected chi connectivity index (χ0v) is 11.1. The molecule has 1 aromatic rings. The van der Waals surface area contributed by atoms with Gasteiger partial charge in [-0.1, -0.05) is 0 Å². The molecule has 1 aliphatic heterocycles. The Morgan fingerprint density at radius 3 is 2.61 bits per heavy atom. The number of likely N-dealkylation sites (tertiary alicyclic amines) is 1. The maximum Gasteiger partial charge on any atom is 0.0946 e. The van der Waals surface area contributed by atoms with E-state index in [1.165, 1.54) is 51.9 Å². The van der Waals surface area contributed by atoms with Gasteiger partial charge in [0.2, 0.25) is 0 Å². The Morgan fingerprint density at radius 1 is 1.11 bits per heavy atom. The van der Waals surface area contributed by atoms with Gasteiger partial charge in [-0.05, 0) is 51.2 Å². The third-order valence-electron chi connectivity index (χ3n) is 4.21. The largest absolute Gasteiger partial charge is 0.336 e. The van der Waals surface area contributed by atoms with Crippen molar-refractivity contribution < 1.29 is 0 Å². The van der Waals surface area contributed by atoms with E-state index in [0.29, 0.717) is 0 Å². The molecule has 0 atom stereocenters. The molecule has 1 N–H and O–H groups in total. The van der Waals surface area contributed by atoms with Crippen LogP contribution in [-0.2, 0) is 6.54 Å². The summed E-state index contributed by atoms with van der Waals surface area (Å²) >= 11 is 0. The lowest BCUT2D eigenvalue weighted by Crippen LogP contribution is -2.39. The molecule has 1 aliphatic carbocycles. The van der Waals surface area contributed by atoms with E-state index >= 15 is 0 Å². The number of aromatic nitrogens is 2. The van der Waals surface area contributed by atoms with E-state index in [9.17, 15) is 0 Å². The van der Waals surface area contributed by atoms with Crippen molar-refractivity contribution in [3.63, 3.8) is 0 Å². The van der Waals surface area contributed by atoms with Gasteiger partial charge in [0.05, 0.1) is 6.33 Å². The first-order valence-electron chi connectivity index (χ1n) is 7.31. The molecule has 0 aromatic carbocycles. The molecule has 4 nitrogen and oxygen atoms in total. The standard InChI is InChI=1S/C14H24N4/c1-2-14(1)16-11-13-3-6-17(7-4-13)9-10-18-8-5-15-12-18/h5,8,12-14,16H,1-4,6-7,9-11H2. The van der Waals surface area contributed by atoms with Crippen molar-refractivity contribution in [3.05, 3.63) is 18.7 Å². The lowest BCUT2D eigenvalue weighted by Gasteiger charge is -2.32. The second-order valence-corrected chi connectivity index (χ2v) is 5.77. The minimum Gasteiger partial charge on any atom is -0.336 e. The number of hydrogen-bond acceptors (Lipinski definition) is 3. The Balaban J connectivity index is 1.32. The SMILES string of the molecule is c1cn(CCN2CCC(CNC3CC3)CC2)cn1. The van der Waals surface area contributed by atoms with E-state index in [1.807, 2.05) is 18.7 Å². The molecule has 1 saturated carbocycles. The average Bonchev–Trinajstić information content (AvgIpc) is 3.09. The molecule has 100 valence electrons. The van der Waals surface area contributed by atoms with Gasteiger partial charge in [-0.3, -0.25) is 0 Å². The summed E-state index contributed by atoms with van der Waals surface area (Å²) < 4.78 is 2.17. The monoisotopic (exact) mass is 248 g/mol. The molecule has 4 heteroatoms. The van der Waals surface area contributed by atoms with Crippen LogP contribution >= 0.6 is 0 Å². The van der Waals surface area contributed by atoms with Crippen LogP contribution in [0.4, 0.5) is 0 Å². The number of imidazole rings is 1. The highest BCUT2D eigenvalue weighted by Crippen LogP contribution is 2.21. The van der Waals surface area contributed by atoms with E-state index < -0.39 is 0 Å². The Kier molecular flexibility index (Phi) is 3.96. The fraction of sp³-hybridized carbons (Fsp3) is 0.786. The molecule has 1 aromatic heterocycles. The molecular formula is C14H24N4. The average molecular weight is 248 g/mol. The Bertz CT molecular complexity index is 337. The fourth-order valence-corrected chi connectivity index (χ4v) is 2.71. The molecule has 0 spiro atoms. The zero-order valence-electron chi connectivity index (χ0n) is 11.1. The third kappa shape index (κ3) is 3.56. The predicted molar refractivity (Wildman–Crippen MR) is 72.4 cm³/mol. The van der Waals surface area contributed by atoms with Crippen LogP contribution < -0.4 is 5.32 Å². The minimum absolute atomic E-state index is 0.865. The van der Waals surface area contributed by atoms with Gasteiger partial charge in [0.15, 0.2) is 0 Å². The van der Waals surface area contributed by atoms with Crippen LogP contribution in [0.3, 0.4) is 0 Å². The summed E-state index contributed by atoms with van der Waals surface area (Å²) in [5.74, 6) is 0.912. The highest BCUT2D eigenvalue weighted by Gasteiger charge is 2.24. The van der Waals surface area contributed by atoms with Crippen LogP contribution in [-0.4, -0.2) is 46.7 Å². The van der Waals surface area contributed by atoms with Crippen LogP contribution in [0, 0.1) is 5.92 Å². The molecule has 0 bridgehead atoms. The summed E-state index contributed by atoms with van der Waals surface area (Å²) in [7, 11) is 0. The van der Waals surface area contributed by atoms with Gasteiger partial charge in [0.1, 0.15) is 0 Å². The number of hydrogen-bond donors (Lipinski definition) is 1. The first-order chi connectivity index (χ1) is 8.90. The second-order valence-electron chi connectivity index (χ2n) is 5.77. The summed E-state index contributed by atoms with van der Waals surface area (Å²) in [6.45, 7) is 6.03. The zero-order chi connectivity index (χ0) is 12.2. The van der Waals surface area contributed by atoms with Crippen LogP contribution in [0.5, 0.6) is 0 Å². The van der Waals surface area contributed by atoms with Crippen LogP contribution in [0.25, 0.3) is 0 Å². The molecule has 3 rings (SSSR count). The fourth-order valence-electron chi connectivity index (χ4n) is 2.71. The van der Waals surface area contributed by atoms with Gasteiger partial charge >= 0.3 is 0 Å². The Morgan fingerprint density at radius 2 is 1.94 bits per heavy atom. The molecule has 2 heterocycles. The van der Waals surface area contributed by atoms with E-state index in [1.54, 1.807) is 0 Å². The summed E-state index contributed by atoms with van der Waals surface area (Å²) in [6.07, 6.45) is 11.4. The number of nitrogens with zero attached hydrogens (tertiary/aromatic N) is 3. The second kappa shape index (κ2) is 5.85. The maximum absolute atomic E-state index is 4.08. The quantitative estimate of drug-likeness (QED) is 0.825. The molecule has 2 aliphatic rings. The first kappa shape index (κ1) is 12.2.